The lowest BCUT2D eigenvalue weighted by molar-refractivity contribution is 0.0939. The smallest absolute Gasteiger partial charge is 0.251 e. The number of nitrogens with one attached hydrogen (secondary N) is 1. The van der Waals surface area contributed by atoms with Crippen molar-refractivity contribution in [2.24, 2.45) is 5.11 Å². The number of nitrogens with zero attached hydrogens (tertiary/aromatic N) is 3. The third-order valence-corrected chi connectivity index (χ3v) is 2.28. The van der Waals surface area contributed by atoms with Gasteiger partial charge in [-0.05, 0) is 31.0 Å². The van der Waals surface area contributed by atoms with Crippen molar-refractivity contribution in [1.29, 1.82) is 0 Å². The Balaban J connectivity index is 2.73. The molecule has 16 heavy (non-hydrogen) atoms. The number of carbonyl (C=O) groups is 1. The van der Waals surface area contributed by atoms with E-state index in [4.69, 9.17) is 5.53 Å². The van der Waals surface area contributed by atoms with Gasteiger partial charge in [0.2, 0.25) is 0 Å². The summed E-state index contributed by atoms with van der Waals surface area (Å²) in [6.07, 6.45) is 0.891. The predicted octanol–water partition coefficient (Wildman–Crippen LogP) is 3.16. The molecule has 0 aliphatic heterocycles. The summed E-state index contributed by atoms with van der Waals surface area (Å²) >= 11 is 0. The molecule has 1 unspecified atom stereocenters. The SMILES string of the molecule is CCC(C)NC(=O)c1ccc(N=[N+]=[N-])cc1. The van der Waals surface area contributed by atoms with Gasteiger partial charge >= 0.3 is 0 Å². The molecular weight excluding hydrogens is 204 g/mol. The van der Waals surface area contributed by atoms with Crippen molar-refractivity contribution in [3.63, 3.8) is 0 Å². The molecule has 0 radical (unpaired) electrons. The van der Waals surface area contributed by atoms with E-state index in [9.17, 15) is 4.79 Å². The summed E-state index contributed by atoms with van der Waals surface area (Å²) in [5.41, 5.74) is 9.30. The lowest BCUT2D eigenvalue weighted by Crippen LogP contribution is -2.31. The molecule has 0 aliphatic carbocycles. The van der Waals surface area contributed by atoms with Crippen molar-refractivity contribution in [2.75, 3.05) is 0 Å². The number of hydrogen-bond acceptors (Lipinski definition) is 2. The second kappa shape index (κ2) is 5.78. The molecule has 1 atom stereocenters. The highest BCUT2D eigenvalue weighted by atomic mass is 16.1. The summed E-state index contributed by atoms with van der Waals surface area (Å²) in [5, 5.41) is 6.29. The fourth-order valence-electron chi connectivity index (χ4n) is 1.14. The van der Waals surface area contributed by atoms with Crippen LogP contribution in [0.3, 0.4) is 0 Å². The molecule has 5 heteroatoms. The third kappa shape index (κ3) is 3.29. The number of rotatable bonds is 4. The van der Waals surface area contributed by atoms with Crippen LogP contribution in [0.4, 0.5) is 5.69 Å². The maximum Gasteiger partial charge on any atom is 0.251 e. The van der Waals surface area contributed by atoms with Crippen LogP contribution in [0.15, 0.2) is 29.4 Å². The van der Waals surface area contributed by atoms with E-state index in [2.05, 4.69) is 15.3 Å². The number of amides is 1. The van der Waals surface area contributed by atoms with Gasteiger partial charge < -0.3 is 5.32 Å². The standard InChI is InChI=1S/C11H14N4O/c1-3-8(2)13-11(16)9-4-6-10(7-5-9)14-15-12/h4-8H,3H2,1-2H3,(H,13,16). The first-order valence-corrected chi connectivity index (χ1v) is 5.13. The average Bonchev–Trinajstić information content (AvgIpc) is 2.30. The molecule has 0 saturated heterocycles. The second-order valence-electron chi connectivity index (χ2n) is 3.52. The first kappa shape index (κ1) is 12.1. The molecule has 0 heterocycles. The van der Waals surface area contributed by atoms with E-state index in [0.717, 1.165) is 6.42 Å². The van der Waals surface area contributed by atoms with Crippen LogP contribution in [0.1, 0.15) is 30.6 Å². The van der Waals surface area contributed by atoms with E-state index in [-0.39, 0.29) is 11.9 Å². The zero-order valence-corrected chi connectivity index (χ0v) is 9.34. The molecule has 1 aromatic carbocycles. The van der Waals surface area contributed by atoms with Crippen LogP contribution in [0.25, 0.3) is 10.4 Å². The van der Waals surface area contributed by atoms with Gasteiger partial charge in [0.05, 0.1) is 0 Å². The second-order valence-corrected chi connectivity index (χ2v) is 3.52. The van der Waals surface area contributed by atoms with Crippen molar-refractivity contribution in [1.82, 2.24) is 5.32 Å². The van der Waals surface area contributed by atoms with Gasteiger partial charge in [-0.25, -0.2) is 0 Å². The molecule has 1 amide bonds. The minimum atomic E-state index is -0.109. The summed E-state index contributed by atoms with van der Waals surface area (Å²) in [6, 6.07) is 6.67. The molecule has 5 nitrogen and oxygen atoms in total. The van der Waals surface area contributed by atoms with Crippen LogP contribution in [0.5, 0.6) is 0 Å². The van der Waals surface area contributed by atoms with Crippen LogP contribution in [-0.4, -0.2) is 11.9 Å². The topological polar surface area (TPSA) is 77.9 Å². The van der Waals surface area contributed by atoms with Crippen LogP contribution in [0, 0.1) is 0 Å². The third-order valence-electron chi connectivity index (χ3n) is 2.28. The maximum absolute atomic E-state index is 11.7. The molecule has 0 aromatic heterocycles. The highest BCUT2D eigenvalue weighted by molar-refractivity contribution is 5.94. The number of carbonyl (C=O) groups excluding carboxylic acids is 1. The summed E-state index contributed by atoms with van der Waals surface area (Å²) in [4.78, 5) is 14.3. The number of benzene rings is 1. The predicted molar refractivity (Wildman–Crippen MR) is 62.5 cm³/mol. The fourth-order valence-corrected chi connectivity index (χ4v) is 1.14. The normalized spacial score (nSPS) is 11.4. The highest BCUT2D eigenvalue weighted by Gasteiger charge is 2.07. The Morgan fingerprint density at radius 2 is 2.12 bits per heavy atom. The quantitative estimate of drug-likeness (QED) is 0.470. The minimum Gasteiger partial charge on any atom is -0.350 e. The molecular formula is C11H14N4O. The van der Waals surface area contributed by atoms with Crippen LogP contribution in [0.2, 0.25) is 0 Å². The monoisotopic (exact) mass is 218 g/mol. The van der Waals surface area contributed by atoms with Gasteiger partial charge in [0.15, 0.2) is 0 Å². The van der Waals surface area contributed by atoms with Gasteiger partial charge in [0.1, 0.15) is 0 Å². The van der Waals surface area contributed by atoms with E-state index in [0.29, 0.717) is 11.3 Å². The molecule has 0 bridgehead atoms. The van der Waals surface area contributed by atoms with Gasteiger partial charge in [0, 0.05) is 22.2 Å². The van der Waals surface area contributed by atoms with Gasteiger partial charge in [-0.3, -0.25) is 4.79 Å². The van der Waals surface area contributed by atoms with E-state index in [1.165, 1.54) is 0 Å². The summed E-state index contributed by atoms with van der Waals surface area (Å²) in [7, 11) is 0. The van der Waals surface area contributed by atoms with Gasteiger partial charge in [-0.15, -0.1) is 0 Å². The Hall–Kier alpha value is -2.00. The summed E-state index contributed by atoms with van der Waals surface area (Å²) in [5.74, 6) is -0.109. The van der Waals surface area contributed by atoms with Gasteiger partial charge in [-0.1, -0.05) is 24.2 Å². The lowest BCUT2D eigenvalue weighted by Gasteiger charge is -2.11. The van der Waals surface area contributed by atoms with Crippen molar-refractivity contribution >= 4 is 11.6 Å². The van der Waals surface area contributed by atoms with E-state index in [1.54, 1.807) is 24.3 Å². The van der Waals surface area contributed by atoms with Gasteiger partial charge in [0.25, 0.3) is 5.91 Å². The first-order chi connectivity index (χ1) is 7.67. The Morgan fingerprint density at radius 3 is 2.62 bits per heavy atom. The molecule has 0 spiro atoms. The molecule has 0 saturated carbocycles. The highest BCUT2D eigenvalue weighted by Crippen LogP contribution is 2.13. The number of azide groups is 1. The Morgan fingerprint density at radius 1 is 1.50 bits per heavy atom. The Bertz CT molecular complexity index is 406. The van der Waals surface area contributed by atoms with E-state index >= 15 is 0 Å². The molecule has 0 aliphatic rings. The summed E-state index contributed by atoms with van der Waals surface area (Å²) < 4.78 is 0. The first-order valence-electron chi connectivity index (χ1n) is 5.13. The van der Waals surface area contributed by atoms with Crippen LogP contribution < -0.4 is 5.32 Å². The largest absolute Gasteiger partial charge is 0.350 e. The van der Waals surface area contributed by atoms with Crippen molar-refractivity contribution in [2.45, 2.75) is 26.3 Å². The van der Waals surface area contributed by atoms with E-state index in [1.807, 2.05) is 13.8 Å². The molecule has 1 aromatic rings. The number of hydrogen-bond donors (Lipinski definition) is 1. The Kier molecular flexibility index (Phi) is 4.36. The van der Waals surface area contributed by atoms with Crippen LogP contribution in [-0.2, 0) is 0 Å². The Labute approximate surface area is 94.1 Å². The van der Waals surface area contributed by atoms with Crippen LogP contribution >= 0.6 is 0 Å². The molecule has 1 rings (SSSR count). The fraction of sp³-hybridized carbons (Fsp3) is 0.364. The van der Waals surface area contributed by atoms with Gasteiger partial charge in [-0.2, -0.15) is 0 Å². The zero-order chi connectivity index (χ0) is 12.0. The zero-order valence-electron chi connectivity index (χ0n) is 9.34. The van der Waals surface area contributed by atoms with Crippen molar-refractivity contribution < 1.29 is 4.79 Å². The summed E-state index contributed by atoms with van der Waals surface area (Å²) in [6.45, 7) is 3.96. The van der Waals surface area contributed by atoms with Crippen molar-refractivity contribution in [3.05, 3.63) is 40.3 Å². The molecule has 1 N–H and O–H groups in total. The molecule has 84 valence electrons. The maximum atomic E-state index is 11.7. The van der Waals surface area contributed by atoms with E-state index < -0.39 is 0 Å². The minimum absolute atomic E-state index is 0.109. The lowest BCUT2D eigenvalue weighted by atomic mass is 10.1. The average molecular weight is 218 g/mol. The molecule has 0 fully saturated rings. The van der Waals surface area contributed by atoms with Crippen molar-refractivity contribution in [3.8, 4) is 0 Å².